The van der Waals surface area contributed by atoms with Gasteiger partial charge >= 0.3 is 0 Å². The van der Waals surface area contributed by atoms with E-state index in [-0.39, 0.29) is 10.7 Å². The minimum absolute atomic E-state index is 0.00278. The quantitative estimate of drug-likeness (QED) is 0.581. The van der Waals surface area contributed by atoms with Crippen LogP contribution in [0.25, 0.3) is 0 Å². The van der Waals surface area contributed by atoms with Gasteiger partial charge in [0.25, 0.3) is 0 Å². The molecule has 1 aromatic rings. The summed E-state index contributed by atoms with van der Waals surface area (Å²) in [5.41, 5.74) is 0.529. The molecule has 0 radical (unpaired) electrons. The number of Topliss-reactive ketones (excluding diaryl/α,β-unsaturated/α-hetero) is 1. The van der Waals surface area contributed by atoms with Crippen LogP contribution in [-0.4, -0.2) is 34.5 Å². The van der Waals surface area contributed by atoms with Gasteiger partial charge < -0.3 is 4.74 Å². The Hall–Kier alpha value is -1.24. The largest absolute Gasteiger partial charge is 0.385 e. The van der Waals surface area contributed by atoms with Crippen molar-refractivity contribution in [3.05, 3.63) is 29.8 Å². The van der Waals surface area contributed by atoms with Crippen LogP contribution in [0, 0.1) is 0 Å². The summed E-state index contributed by atoms with van der Waals surface area (Å²) >= 11 is 0. The van der Waals surface area contributed by atoms with Gasteiger partial charge in [0.1, 0.15) is 0 Å². The maximum atomic E-state index is 11.9. The molecule has 0 saturated carbocycles. The molecule has 0 amide bonds. The summed E-state index contributed by atoms with van der Waals surface area (Å²) in [6.07, 6.45) is 1.02. The number of nitrogens with one attached hydrogen (secondary N) is 1. The van der Waals surface area contributed by atoms with E-state index in [0.717, 1.165) is 0 Å². The van der Waals surface area contributed by atoms with Crippen molar-refractivity contribution in [1.82, 2.24) is 4.72 Å². The van der Waals surface area contributed by atoms with Crippen LogP contribution in [0.1, 0.15) is 30.1 Å². The SMILES string of the molecule is CCC(=O)c1ccc(S(=O)(=O)NCCCOC)cc1. The predicted octanol–water partition coefficient (Wildman–Crippen LogP) is 1.59. The van der Waals surface area contributed by atoms with E-state index < -0.39 is 10.0 Å². The molecule has 0 spiro atoms. The Bertz CT molecular complexity index is 508. The third-order valence-corrected chi connectivity index (χ3v) is 4.10. The van der Waals surface area contributed by atoms with E-state index in [1.54, 1.807) is 14.0 Å². The second kappa shape index (κ2) is 7.37. The third-order valence-electron chi connectivity index (χ3n) is 2.63. The highest BCUT2D eigenvalue weighted by atomic mass is 32.2. The first-order valence-corrected chi connectivity index (χ1v) is 7.61. The van der Waals surface area contributed by atoms with Gasteiger partial charge in [-0.05, 0) is 18.6 Å². The van der Waals surface area contributed by atoms with Crippen LogP contribution >= 0.6 is 0 Å². The lowest BCUT2D eigenvalue weighted by Crippen LogP contribution is -2.25. The van der Waals surface area contributed by atoms with Crippen molar-refractivity contribution in [3.63, 3.8) is 0 Å². The molecule has 1 aromatic carbocycles. The fourth-order valence-corrected chi connectivity index (χ4v) is 2.60. The van der Waals surface area contributed by atoms with Crippen molar-refractivity contribution in [1.29, 1.82) is 0 Å². The maximum Gasteiger partial charge on any atom is 0.240 e. The van der Waals surface area contributed by atoms with Gasteiger partial charge in [0.2, 0.25) is 10.0 Å². The standard InChI is InChI=1S/C13H19NO4S/c1-3-13(15)11-5-7-12(8-6-11)19(16,17)14-9-4-10-18-2/h5-8,14H,3-4,9-10H2,1-2H3. The van der Waals surface area contributed by atoms with E-state index >= 15 is 0 Å². The Morgan fingerprint density at radius 3 is 2.42 bits per heavy atom. The molecule has 0 aliphatic carbocycles. The van der Waals surface area contributed by atoms with E-state index in [0.29, 0.717) is 31.6 Å². The molecule has 0 fully saturated rings. The highest BCUT2D eigenvalue weighted by Crippen LogP contribution is 2.11. The maximum absolute atomic E-state index is 11.9. The molecule has 0 atom stereocenters. The minimum atomic E-state index is -3.51. The molecular formula is C13H19NO4S. The minimum Gasteiger partial charge on any atom is -0.385 e. The molecule has 0 heterocycles. The summed E-state index contributed by atoms with van der Waals surface area (Å²) in [7, 11) is -1.94. The Morgan fingerprint density at radius 1 is 1.26 bits per heavy atom. The highest BCUT2D eigenvalue weighted by molar-refractivity contribution is 7.89. The van der Waals surface area contributed by atoms with Crippen LogP contribution < -0.4 is 4.72 Å². The van der Waals surface area contributed by atoms with Crippen molar-refractivity contribution in [2.24, 2.45) is 0 Å². The number of sulfonamides is 1. The number of ketones is 1. The first kappa shape index (κ1) is 15.8. The van der Waals surface area contributed by atoms with Gasteiger partial charge in [0.15, 0.2) is 5.78 Å². The van der Waals surface area contributed by atoms with E-state index in [4.69, 9.17) is 4.74 Å². The Kier molecular flexibility index (Phi) is 6.14. The molecular weight excluding hydrogens is 266 g/mol. The number of methoxy groups -OCH3 is 1. The normalized spacial score (nSPS) is 11.5. The van der Waals surface area contributed by atoms with Gasteiger partial charge in [-0.1, -0.05) is 19.1 Å². The van der Waals surface area contributed by atoms with Crippen LogP contribution in [0.3, 0.4) is 0 Å². The summed E-state index contributed by atoms with van der Waals surface area (Å²) < 4.78 is 31.1. The molecule has 0 aliphatic rings. The summed E-state index contributed by atoms with van der Waals surface area (Å²) in [5, 5.41) is 0. The lowest BCUT2D eigenvalue weighted by atomic mass is 10.1. The van der Waals surface area contributed by atoms with E-state index in [9.17, 15) is 13.2 Å². The fraction of sp³-hybridized carbons (Fsp3) is 0.462. The molecule has 0 aliphatic heterocycles. The number of hydrogen-bond acceptors (Lipinski definition) is 4. The van der Waals surface area contributed by atoms with Gasteiger partial charge in [0, 0.05) is 32.2 Å². The topological polar surface area (TPSA) is 72.5 Å². The van der Waals surface area contributed by atoms with Gasteiger partial charge in [-0.2, -0.15) is 0 Å². The number of ether oxygens (including phenoxy) is 1. The number of hydrogen-bond donors (Lipinski definition) is 1. The predicted molar refractivity (Wildman–Crippen MR) is 72.7 cm³/mol. The van der Waals surface area contributed by atoms with Crippen molar-refractivity contribution < 1.29 is 17.9 Å². The Balaban J connectivity index is 2.71. The zero-order valence-electron chi connectivity index (χ0n) is 11.2. The van der Waals surface area contributed by atoms with E-state index in [2.05, 4.69) is 4.72 Å². The Labute approximate surface area is 114 Å². The monoisotopic (exact) mass is 285 g/mol. The molecule has 5 nitrogen and oxygen atoms in total. The van der Waals surface area contributed by atoms with Gasteiger partial charge in [-0.15, -0.1) is 0 Å². The second-order valence-electron chi connectivity index (χ2n) is 4.05. The number of rotatable bonds is 8. The molecule has 6 heteroatoms. The van der Waals surface area contributed by atoms with Crippen LogP contribution in [0.5, 0.6) is 0 Å². The Morgan fingerprint density at radius 2 is 1.89 bits per heavy atom. The highest BCUT2D eigenvalue weighted by Gasteiger charge is 2.13. The van der Waals surface area contributed by atoms with Gasteiger partial charge in [-0.25, -0.2) is 13.1 Å². The summed E-state index contributed by atoms with van der Waals surface area (Å²) in [4.78, 5) is 11.6. The lowest BCUT2D eigenvalue weighted by molar-refractivity contribution is 0.0988. The molecule has 0 unspecified atom stereocenters. The van der Waals surface area contributed by atoms with Crippen molar-refractivity contribution in [3.8, 4) is 0 Å². The number of carbonyl (C=O) groups excluding carboxylic acids is 1. The summed E-state index contributed by atoms with van der Waals surface area (Å²) in [5.74, 6) is -0.00278. The fourth-order valence-electron chi connectivity index (χ4n) is 1.53. The van der Waals surface area contributed by atoms with E-state index in [1.807, 2.05) is 0 Å². The average Bonchev–Trinajstić information content (AvgIpc) is 2.43. The summed E-state index contributed by atoms with van der Waals surface area (Å²) in [6.45, 7) is 2.60. The second-order valence-corrected chi connectivity index (χ2v) is 5.81. The molecule has 106 valence electrons. The van der Waals surface area contributed by atoms with Crippen LogP contribution in [-0.2, 0) is 14.8 Å². The van der Waals surface area contributed by atoms with Crippen LogP contribution in [0.4, 0.5) is 0 Å². The van der Waals surface area contributed by atoms with Crippen molar-refractivity contribution in [2.75, 3.05) is 20.3 Å². The number of carbonyl (C=O) groups is 1. The van der Waals surface area contributed by atoms with E-state index in [1.165, 1.54) is 24.3 Å². The van der Waals surface area contributed by atoms with Crippen molar-refractivity contribution in [2.45, 2.75) is 24.7 Å². The molecule has 0 bridgehead atoms. The first-order valence-electron chi connectivity index (χ1n) is 6.13. The van der Waals surface area contributed by atoms with Gasteiger partial charge in [0.05, 0.1) is 4.90 Å². The van der Waals surface area contributed by atoms with Crippen LogP contribution in [0.2, 0.25) is 0 Å². The van der Waals surface area contributed by atoms with Gasteiger partial charge in [-0.3, -0.25) is 4.79 Å². The molecule has 0 saturated heterocycles. The summed E-state index contributed by atoms with van der Waals surface area (Å²) in [6, 6.07) is 5.97. The lowest BCUT2D eigenvalue weighted by Gasteiger charge is -2.07. The van der Waals surface area contributed by atoms with Crippen LogP contribution in [0.15, 0.2) is 29.2 Å². The number of benzene rings is 1. The smallest absolute Gasteiger partial charge is 0.240 e. The first-order chi connectivity index (χ1) is 9.01. The zero-order valence-corrected chi connectivity index (χ0v) is 12.0. The molecule has 0 aromatic heterocycles. The molecule has 1 rings (SSSR count). The third kappa shape index (κ3) is 4.74. The average molecular weight is 285 g/mol. The zero-order chi connectivity index (χ0) is 14.3. The van der Waals surface area contributed by atoms with Crippen molar-refractivity contribution >= 4 is 15.8 Å². The molecule has 19 heavy (non-hydrogen) atoms. The molecule has 1 N–H and O–H groups in total.